The highest BCUT2D eigenvalue weighted by Gasteiger charge is 2.21. The first-order chi connectivity index (χ1) is 13.3. The zero-order valence-corrected chi connectivity index (χ0v) is 19.3. The number of nitrogens with zero attached hydrogens (tertiary/aromatic N) is 4. The smallest absolute Gasteiger partial charge is 0.190 e. The van der Waals surface area contributed by atoms with Crippen LogP contribution >= 0.6 is 24.0 Å². The van der Waals surface area contributed by atoms with E-state index in [1.165, 1.54) is 38.0 Å². The van der Waals surface area contributed by atoms with Crippen LogP contribution in [0.4, 0.5) is 0 Å². The van der Waals surface area contributed by atoms with Gasteiger partial charge in [-0.15, -0.1) is 24.0 Å². The Kier molecular flexibility index (Phi) is 9.77. The van der Waals surface area contributed by atoms with Gasteiger partial charge in [0.1, 0.15) is 0 Å². The van der Waals surface area contributed by atoms with Crippen molar-refractivity contribution >= 4 is 29.9 Å². The Morgan fingerprint density at radius 1 is 1.25 bits per heavy atom. The summed E-state index contributed by atoms with van der Waals surface area (Å²) < 4.78 is 1.87. The molecule has 1 fully saturated rings. The Balaban J connectivity index is 0.00000280. The van der Waals surface area contributed by atoms with Crippen molar-refractivity contribution in [3.63, 3.8) is 0 Å². The first-order valence-corrected chi connectivity index (χ1v) is 10.0. The monoisotopic (exact) mass is 496 g/mol. The summed E-state index contributed by atoms with van der Waals surface area (Å²) in [5, 5.41) is 11.2. The maximum Gasteiger partial charge on any atom is 0.190 e. The molecule has 0 radical (unpaired) electrons. The van der Waals surface area contributed by atoms with E-state index in [1.807, 2.05) is 24.0 Å². The Morgan fingerprint density at radius 2 is 2.07 bits per heavy atom. The Morgan fingerprint density at radius 3 is 2.75 bits per heavy atom. The van der Waals surface area contributed by atoms with E-state index in [4.69, 9.17) is 0 Å². The lowest BCUT2D eigenvalue weighted by molar-refractivity contribution is 0.324. The van der Waals surface area contributed by atoms with Gasteiger partial charge in [0.15, 0.2) is 5.96 Å². The average molecular weight is 496 g/mol. The maximum atomic E-state index is 4.35. The van der Waals surface area contributed by atoms with Gasteiger partial charge in [0, 0.05) is 39.1 Å². The van der Waals surface area contributed by atoms with E-state index in [0.29, 0.717) is 0 Å². The molecule has 2 aromatic rings. The van der Waals surface area contributed by atoms with Crippen LogP contribution in [0.5, 0.6) is 0 Å². The molecule has 6 nitrogen and oxygen atoms in total. The molecule has 0 amide bonds. The molecule has 1 saturated heterocycles. The van der Waals surface area contributed by atoms with E-state index in [0.717, 1.165) is 37.1 Å². The minimum absolute atomic E-state index is 0. The summed E-state index contributed by atoms with van der Waals surface area (Å²) in [5.74, 6) is 1.63. The van der Waals surface area contributed by atoms with Crippen molar-refractivity contribution < 1.29 is 0 Å². The van der Waals surface area contributed by atoms with Gasteiger partial charge in [-0.1, -0.05) is 19.1 Å². The fourth-order valence-corrected chi connectivity index (χ4v) is 3.62. The van der Waals surface area contributed by atoms with Crippen molar-refractivity contribution in [3.05, 3.63) is 48.3 Å². The van der Waals surface area contributed by atoms with Crippen molar-refractivity contribution in [3.8, 4) is 5.69 Å². The van der Waals surface area contributed by atoms with Crippen LogP contribution in [0.25, 0.3) is 5.69 Å². The Labute approximate surface area is 185 Å². The molecule has 1 unspecified atom stereocenters. The third-order valence-electron chi connectivity index (χ3n) is 5.10. The lowest BCUT2D eigenvalue weighted by atomic mass is 10.1. The number of halogens is 1. The number of hydrogen-bond donors (Lipinski definition) is 2. The summed E-state index contributed by atoms with van der Waals surface area (Å²) in [4.78, 5) is 6.92. The van der Waals surface area contributed by atoms with Gasteiger partial charge < -0.3 is 15.5 Å². The second-order valence-corrected chi connectivity index (χ2v) is 7.20. The summed E-state index contributed by atoms with van der Waals surface area (Å²) >= 11 is 0. The molecule has 7 heteroatoms. The highest BCUT2D eigenvalue weighted by molar-refractivity contribution is 14.0. The summed E-state index contributed by atoms with van der Waals surface area (Å²) in [6, 6.07) is 10.5. The summed E-state index contributed by atoms with van der Waals surface area (Å²) in [6.07, 6.45) is 7.24. The van der Waals surface area contributed by atoms with Gasteiger partial charge in [0.25, 0.3) is 0 Å². The van der Waals surface area contributed by atoms with Crippen LogP contribution in [0.3, 0.4) is 0 Å². The Bertz CT molecular complexity index is 698. The van der Waals surface area contributed by atoms with Crippen molar-refractivity contribution in [2.24, 2.45) is 10.9 Å². The molecule has 1 atom stereocenters. The molecule has 154 valence electrons. The number of likely N-dealkylation sites (tertiary alicyclic amines) is 1. The summed E-state index contributed by atoms with van der Waals surface area (Å²) in [6.45, 7) is 7.79. The van der Waals surface area contributed by atoms with Crippen molar-refractivity contribution in [2.75, 3.05) is 39.8 Å². The van der Waals surface area contributed by atoms with Gasteiger partial charge >= 0.3 is 0 Å². The van der Waals surface area contributed by atoms with Gasteiger partial charge in [-0.25, -0.2) is 4.68 Å². The minimum Gasteiger partial charge on any atom is -0.356 e. The molecule has 1 aromatic carbocycles. The average Bonchev–Trinajstić information content (AvgIpc) is 3.37. The lowest BCUT2D eigenvalue weighted by Gasteiger charge is -2.17. The van der Waals surface area contributed by atoms with E-state index in [9.17, 15) is 0 Å². The number of guanidine groups is 1. The maximum absolute atomic E-state index is 4.35. The molecule has 1 aromatic heterocycles. The SMILES string of the molecule is CCCN1CCC(CNC(=NC)NCCc2ccc(-n3cccn3)cc2)C1.I. The zero-order chi connectivity index (χ0) is 18.9. The predicted octanol–water partition coefficient (Wildman–Crippen LogP) is 2.93. The van der Waals surface area contributed by atoms with E-state index in [1.54, 1.807) is 6.20 Å². The van der Waals surface area contributed by atoms with Gasteiger partial charge in [-0.2, -0.15) is 5.10 Å². The third-order valence-corrected chi connectivity index (χ3v) is 5.10. The third kappa shape index (κ3) is 6.77. The Hall–Kier alpha value is -1.61. The normalized spacial score (nSPS) is 17.4. The quantitative estimate of drug-likeness (QED) is 0.335. The van der Waals surface area contributed by atoms with Crippen LogP contribution in [0.1, 0.15) is 25.3 Å². The van der Waals surface area contributed by atoms with Crippen LogP contribution in [0.15, 0.2) is 47.7 Å². The van der Waals surface area contributed by atoms with E-state index < -0.39 is 0 Å². The lowest BCUT2D eigenvalue weighted by Crippen LogP contribution is -2.41. The van der Waals surface area contributed by atoms with Gasteiger partial charge in [0.2, 0.25) is 0 Å². The molecule has 28 heavy (non-hydrogen) atoms. The molecule has 1 aliphatic rings. The molecule has 2 N–H and O–H groups in total. The predicted molar refractivity (Wildman–Crippen MR) is 127 cm³/mol. The highest BCUT2D eigenvalue weighted by Crippen LogP contribution is 2.15. The molecule has 2 heterocycles. The van der Waals surface area contributed by atoms with E-state index in [-0.39, 0.29) is 24.0 Å². The number of hydrogen-bond acceptors (Lipinski definition) is 3. The molecule has 0 saturated carbocycles. The van der Waals surface area contributed by atoms with Gasteiger partial charge in [-0.3, -0.25) is 4.99 Å². The molecule has 1 aliphatic heterocycles. The minimum atomic E-state index is 0. The number of aromatic nitrogens is 2. The first kappa shape index (κ1) is 22.7. The fraction of sp³-hybridized carbons (Fsp3) is 0.524. The standard InChI is InChI=1S/C21H32N6.HI/c1-3-13-26-15-10-19(17-26)16-24-21(22-2)23-12-9-18-5-7-20(8-6-18)27-14-4-11-25-27;/h4-8,11,14,19H,3,9-10,12-13,15-17H2,1-2H3,(H2,22,23,24);1H. The van der Waals surface area contributed by atoms with Crippen molar-refractivity contribution in [1.82, 2.24) is 25.3 Å². The second-order valence-electron chi connectivity index (χ2n) is 7.20. The number of benzene rings is 1. The first-order valence-electron chi connectivity index (χ1n) is 10.0. The molecule has 0 bridgehead atoms. The topological polar surface area (TPSA) is 57.5 Å². The van der Waals surface area contributed by atoms with E-state index >= 15 is 0 Å². The summed E-state index contributed by atoms with van der Waals surface area (Å²) in [7, 11) is 1.84. The molecule has 0 aliphatic carbocycles. The van der Waals surface area contributed by atoms with E-state index in [2.05, 4.69) is 56.8 Å². The number of rotatable bonds is 8. The van der Waals surface area contributed by atoms with Crippen LogP contribution in [-0.4, -0.2) is 60.4 Å². The van der Waals surface area contributed by atoms with Crippen LogP contribution < -0.4 is 10.6 Å². The molecular formula is C21H33IN6. The van der Waals surface area contributed by atoms with Gasteiger partial charge in [-0.05, 0) is 62.0 Å². The molecular weight excluding hydrogens is 463 g/mol. The van der Waals surface area contributed by atoms with Crippen LogP contribution in [0.2, 0.25) is 0 Å². The zero-order valence-electron chi connectivity index (χ0n) is 17.0. The highest BCUT2D eigenvalue weighted by atomic mass is 127. The largest absolute Gasteiger partial charge is 0.356 e. The van der Waals surface area contributed by atoms with Crippen molar-refractivity contribution in [2.45, 2.75) is 26.2 Å². The van der Waals surface area contributed by atoms with Crippen molar-refractivity contribution in [1.29, 1.82) is 0 Å². The summed E-state index contributed by atoms with van der Waals surface area (Å²) in [5.41, 5.74) is 2.39. The second kappa shape index (κ2) is 12.1. The molecule has 3 rings (SSSR count). The van der Waals surface area contributed by atoms with Crippen LogP contribution in [-0.2, 0) is 6.42 Å². The van der Waals surface area contributed by atoms with Crippen LogP contribution in [0, 0.1) is 5.92 Å². The van der Waals surface area contributed by atoms with Gasteiger partial charge in [0.05, 0.1) is 5.69 Å². The number of nitrogens with one attached hydrogen (secondary N) is 2. The number of aliphatic imine (C=N–C) groups is 1. The fourth-order valence-electron chi connectivity index (χ4n) is 3.62. The molecule has 0 spiro atoms.